The number of fused-ring (bicyclic) bond motifs is 1. The van der Waals surface area contributed by atoms with E-state index in [2.05, 4.69) is 0 Å². The Labute approximate surface area is 87.2 Å². The molecule has 0 saturated carbocycles. The fraction of sp³-hybridized carbons (Fsp3) is 0.200. The van der Waals surface area contributed by atoms with Gasteiger partial charge < -0.3 is 0 Å². The molecule has 5 heteroatoms. The van der Waals surface area contributed by atoms with E-state index in [1.165, 1.54) is 11.6 Å². The number of hydrogen-bond donors (Lipinski definition) is 0. The molecule has 0 aliphatic heterocycles. The van der Waals surface area contributed by atoms with Gasteiger partial charge in [0.05, 0.1) is 10.9 Å². The zero-order valence-corrected chi connectivity index (χ0v) is 8.52. The minimum atomic E-state index is -0.336. The number of rotatable bonds is 0. The van der Waals surface area contributed by atoms with Gasteiger partial charge in [-0.2, -0.15) is 0 Å². The molecular formula is C10H9BN2O2. The lowest BCUT2D eigenvalue weighted by atomic mass is 9.95. The topological polar surface area (TPSA) is 44.0 Å². The molecule has 0 amide bonds. The Bertz CT molecular complexity index is 655. The second kappa shape index (κ2) is 3.12. The van der Waals surface area contributed by atoms with Crippen LogP contribution in [0.4, 0.5) is 0 Å². The van der Waals surface area contributed by atoms with Crippen LogP contribution >= 0.6 is 0 Å². The number of hydrogen-bond acceptors (Lipinski definition) is 2. The van der Waals surface area contributed by atoms with E-state index in [1.54, 1.807) is 25.2 Å². The fourth-order valence-electron chi connectivity index (χ4n) is 1.61. The summed E-state index contributed by atoms with van der Waals surface area (Å²) in [5, 5.41) is 0.458. The molecule has 4 nitrogen and oxygen atoms in total. The SMILES string of the molecule is [B]c1ccc2c(c1)c(=O)n(C)c(=O)n2C. The lowest BCUT2D eigenvalue weighted by Crippen LogP contribution is -2.37. The molecule has 0 unspecified atom stereocenters. The first-order valence-corrected chi connectivity index (χ1v) is 4.47. The highest BCUT2D eigenvalue weighted by atomic mass is 16.2. The summed E-state index contributed by atoms with van der Waals surface area (Å²) in [5.41, 5.74) is 0.452. The van der Waals surface area contributed by atoms with Crippen molar-refractivity contribution < 1.29 is 0 Å². The van der Waals surface area contributed by atoms with Gasteiger partial charge in [-0.3, -0.25) is 13.9 Å². The van der Waals surface area contributed by atoms with Crippen molar-refractivity contribution in [2.45, 2.75) is 0 Å². The second-order valence-electron chi connectivity index (χ2n) is 3.48. The smallest absolute Gasteiger partial charge is 0.296 e. The van der Waals surface area contributed by atoms with Gasteiger partial charge in [-0.15, -0.1) is 0 Å². The normalized spacial score (nSPS) is 10.8. The second-order valence-corrected chi connectivity index (χ2v) is 3.48. The molecule has 1 heterocycles. The molecule has 0 N–H and O–H groups in total. The van der Waals surface area contributed by atoms with Gasteiger partial charge in [0.2, 0.25) is 0 Å². The lowest BCUT2D eigenvalue weighted by molar-refractivity contribution is 0.714. The molecule has 1 aromatic heterocycles. The number of aromatic nitrogens is 2. The first-order valence-electron chi connectivity index (χ1n) is 4.47. The molecule has 74 valence electrons. The molecule has 0 saturated heterocycles. The van der Waals surface area contributed by atoms with Crippen molar-refractivity contribution in [3.8, 4) is 0 Å². The van der Waals surface area contributed by atoms with Crippen LogP contribution in [0.2, 0.25) is 0 Å². The molecule has 0 fully saturated rings. The summed E-state index contributed by atoms with van der Waals surface area (Å²) >= 11 is 0. The Hall–Kier alpha value is -1.78. The average Bonchev–Trinajstić information content (AvgIpc) is 2.23. The van der Waals surface area contributed by atoms with Crippen LogP contribution in [0.3, 0.4) is 0 Å². The standard InChI is InChI=1S/C10H9BN2O2/c1-12-8-4-3-6(11)5-7(8)9(14)13(2)10(12)15/h3-5H,1-2H3. The zero-order chi connectivity index (χ0) is 11.2. The molecule has 2 aromatic rings. The van der Waals surface area contributed by atoms with Crippen molar-refractivity contribution in [1.82, 2.24) is 9.13 Å². The van der Waals surface area contributed by atoms with Crippen LogP contribution in [-0.2, 0) is 14.1 Å². The molecule has 0 atom stereocenters. The van der Waals surface area contributed by atoms with Gasteiger partial charge in [-0.1, -0.05) is 17.6 Å². The summed E-state index contributed by atoms with van der Waals surface area (Å²) in [6.07, 6.45) is 0. The Morgan fingerprint density at radius 1 is 1.13 bits per heavy atom. The molecule has 0 spiro atoms. The third-order valence-corrected chi connectivity index (χ3v) is 2.49. The van der Waals surface area contributed by atoms with E-state index < -0.39 is 0 Å². The van der Waals surface area contributed by atoms with Gasteiger partial charge in [0.25, 0.3) is 5.56 Å². The van der Waals surface area contributed by atoms with E-state index in [0.29, 0.717) is 16.4 Å². The van der Waals surface area contributed by atoms with Crippen molar-refractivity contribution in [3.63, 3.8) is 0 Å². The monoisotopic (exact) mass is 200 g/mol. The summed E-state index contributed by atoms with van der Waals surface area (Å²) in [6, 6.07) is 4.92. The maximum Gasteiger partial charge on any atom is 0.330 e. The molecule has 0 bridgehead atoms. The van der Waals surface area contributed by atoms with Crippen molar-refractivity contribution in [2.24, 2.45) is 14.1 Å². The molecule has 15 heavy (non-hydrogen) atoms. The zero-order valence-electron chi connectivity index (χ0n) is 8.52. The highest BCUT2D eigenvalue weighted by Gasteiger charge is 2.07. The molecular weight excluding hydrogens is 191 g/mol. The van der Waals surface area contributed by atoms with Crippen LogP contribution < -0.4 is 16.7 Å². The molecule has 1 aromatic carbocycles. The summed E-state index contributed by atoms with van der Waals surface area (Å²) < 4.78 is 2.50. The third-order valence-electron chi connectivity index (χ3n) is 2.49. The highest BCUT2D eigenvalue weighted by molar-refractivity contribution is 6.33. The maximum absolute atomic E-state index is 11.7. The van der Waals surface area contributed by atoms with E-state index in [0.717, 1.165) is 4.57 Å². The number of aryl methyl sites for hydroxylation is 1. The minimum Gasteiger partial charge on any atom is -0.296 e. The van der Waals surface area contributed by atoms with Gasteiger partial charge in [0.1, 0.15) is 7.85 Å². The van der Waals surface area contributed by atoms with Crippen molar-refractivity contribution in [3.05, 3.63) is 39.0 Å². The first-order chi connectivity index (χ1) is 7.02. The van der Waals surface area contributed by atoms with Crippen LogP contribution in [-0.4, -0.2) is 17.0 Å². The van der Waals surface area contributed by atoms with Gasteiger partial charge in [0, 0.05) is 14.1 Å². The number of nitrogens with zero attached hydrogens (tertiary/aromatic N) is 2. The predicted molar refractivity (Wildman–Crippen MR) is 59.8 cm³/mol. The summed E-state index contributed by atoms with van der Waals surface area (Å²) in [4.78, 5) is 23.3. The molecule has 0 aliphatic carbocycles. The van der Waals surface area contributed by atoms with E-state index in [9.17, 15) is 9.59 Å². The molecule has 0 aliphatic rings. The Morgan fingerprint density at radius 2 is 1.80 bits per heavy atom. The van der Waals surface area contributed by atoms with E-state index in [-0.39, 0.29) is 11.2 Å². The van der Waals surface area contributed by atoms with Crippen LogP contribution in [0.5, 0.6) is 0 Å². The van der Waals surface area contributed by atoms with Crippen molar-refractivity contribution in [2.75, 3.05) is 0 Å². The van der Waals surface area contributed by atoms with Crippen LogP contribution in [0.25, 0.3) is 10.9 Å². The largest absolute Gasteiger partial charge is 0.330 e. The number of benzene rings is 1. The van der Waals surface area contributed by atoms with Crippen LogP contribution in [0.1, 0.15) is 0 Å². The van der Waals surface area contributed by atoms with Gasteiger partial charge in [0.15, 0.2) is 0 Å². The Morgan fingerprint density at radius 3 is 2.47 bits per heavy atom. The van der Waals surface area contributed by atoms with Crippen molar-refractivity contribution in [1.29, 1.82) is 0 Å². The maximum atomic E-state index is 11.7. The lowest BCUT2D eigenvalue weighted by Gasteiger charge is -2.07. The molecule has 2 radical (unpaired) electrons. The van der Waals surface area contributed by atoms with E-state index in [1.807, 2.05) is 0 Å². The van der Waals surface area contributed by atoms with Gasteiger partial charge >= 0.3 is 5.69 Å². The molecule has 2 rings (SSSR count). The minimum absolute atomic E-state index is 0.319. The van der Waals surface area contributed by atoms with Gasteiger partial charge in [-0.25, -0.2) is 4.79 Å². The van der Waals surface area contributed by atoms with Crippen molar-refractivity contribution >= 4 is 24.2 Å². The highest BCUT2D eigenvalue weighted by Crippen LogP contribution is 2.03. The van der Waals surface area contributed by atoms with E-state index in [4.69, 9.17) is 7.85 Å². The quantitative estimate of drug-likeness (QED) is 0.513. The Kier molecular flexibility index (Phi) is 2.03. The van der Waals surface area contributed by atoms with Crippen LogP contribution in [0, 0.1) is 0 Å². The Balaban J connectivity index is 3.15. The average molecular weight is 200 g/mol. The summed E-state index contributed by atoms with van der Waals surface area (Å²) in [6.45, 7) is 0. The summed E-state index contributed by atoms with van der Waals surface area (Å²) in [5.74, 6) is 0. The first kappa shape index (κ1) is 9.77. The third kappa shape index (κ3) is 1.31. The van der Waals surface area contributed by atoms with E-state index >= 15 is 0 Å². The predicted octanol–water partition coefficient (Wildman–Crippen LogP) is -0.969. The fourth-order valence-corrected chi connectivity index (χ4v) is 1.61. The van der Waals surface area contributed by atoms with Crippen LogP contribution in [0.15, 0.2) is 27.8 Å². The summed E-state index contributed by atoms with van der Waals surface area (Å²) in [7, 11) is 8.67. The van der Waals surface area contributed by atoms with Gasteiger partial charge in [-0.05, 0) is 6.07 Å².